The van der Waals surface area contributed by atoms with Crippen LogP contribution in [-0.4, -0.2) is 75.2 Å². The topological polar surface area (TPSA) is 92.5 Å². The summed E-state index contributed by atoms with van der Waals surface area (Å²) in [5, 5.41) is 17.5. The molecule has 1 aromatic heterocycles. The summed E-state index contributed by atoms with van der Waals surface area (Å²) >= 11 is 0. The number of hydrogen-bond acceptors (Lipinski definition) is 6. The largest absolute Gasteiger partial charge is 0.389 e. The van der Waals surface area contributed by atoms with Gasteiger partial charge in [-0.25, -0.2) is 4.98 Å². The lowest BCUT2D eigenvalue weighted by atomic mass is 10.1. The van der Waals surface area contributed by atoms with Gasteiger partial charge < -0.3 is 15.2 Å². The van der Waals surface area contributed by atoms with E-state index in [1.165, 1.54) is 6.33 Å². The van der Waals surface area contributed by atoms with E-state index < -0.39 is 6.10 Å². The summed E-state index contributed by atoms with van der Waals surface area (Å²) in [6.45, 7) is 3.85. The van der Waals surface area contributed by atoms with Crippen LogP contribution in [-0.2, 0) is 16.1 Å². The Morgan fingerprint density at radius 3 is 2.91 bits per heavy atom. The number of carbonyl (C=O) groups excluding carboxylic acids is 1. The lowest BCUT2D eigenvalue weighted by molar-refractivity contribution is -0.122. The highest BCUT2D eigenvalue weighted by atomic mass is 16.5. The van der Waals surface area contributed by atoms with E-state index in [1.54, 1.807) is 11.0 Å². The Morgan fingerprint density at radius 1 is 1.35 bits per heavy atom. The summed E-state index contributed by atoms with van der Waals surface area (Å²) in [5.74, 6) is -0.00297. The fraction of sp³-hybridized carbons (Fsp3) is 0.800. The van der Waals surface area contributed by atoms with Crippen LogP contribution in [0.25, 0.3) is 0 Å². The normalized spacial score (nSPS) is 28.8. The molecule has 1 aliphatic heterocycles. The first-order valence-corrected chi connectivity index (χ1v) is 8.35. The molecule has 8 heteroatoms. The first-order chi connectivity index (χ1) is 11.2. The number of morpholine rings is 1. The minimum Gasteiger partial charge on any atom is -0.389 e. The second kappa shape index (κ2) is 7.85. The molecule has 0 unspecified atom stereocenters. The number of aromatic nitrogens is 3. The van der Waals surface area contributed by atoms with E-state index in [0.717, 1.165) is 39.1 Å². The molecule has 23 heavy (non-hydrogen) atoms. The van der Waals surface area contributed by atoms with Crippen LogP contribution in [0, 0.1) is 0 Å². The maximum atomic E-state index is 12.1. The van der Waals surface area contributed by atoms with Crippen LogP contribution in [0.15, 0.2) is 12.7 Å². The van der Waals surface area contributed by atoms with Gasteiger partial charge in [-0.3, -0.25) is 14.4 Å². The summed E-state index contributed by atoms with van der Waals surface area (Å²) in [6.07, 6.45) is 5.54. The molecule has 3 atom stereocenters. The third-order valence-electron chi connectivity index (χ3n) is 4.70. The zero-order valence-electron chi connectivity index (χ0n) is 13.3. The van der Waals surface area contributed by atoms with Crippen molar-refractivity contribution in [3.05, 3.63) is 12.7 Å². The summed E-state index contributed by atoms with van der Waals surface area (Å²) in [6, 6.07) is 0.000985. The van der Waals surface area contributed by atoms with Crippen molar-refractivity contribution in [2.24, 2.45) is 0 Å². The van der Waals surface area contributed by atoms with E-state index in [-0.39, 0.29) is 18.0 Å². The first-order valence-electron chi connectivity index (χ1n) is 8.35. The quantitative estimate of drug-likeness (QED) is 0.726. The molecular weight excluding hydrogens is 298 g/mol. The van der Waals surface area contributed by atoms with Gasteiger partial charge in [0.2, 0.25) is 5.91 Å². The second-order valence-electron chi connectivity index (χ2n) is 6.22. The molecule has 0 aromatic carbocycles. The molecule has 128 valence electrons. The third-order valence-corrected chi connectivity index (χ3v) is 4.70. The van der Waals surface area contributed by atoms with Crippen molar-refractivity contribution in [1.29, 1.82) is 0 Å². The maximum Gasteiger partial charge on any atom is 0.220 e. The number of ether oxygens (including phenoxy) is 1. The smallest absolute Gasteiger partial charge is 0.220 e. The van der Waals surface area contributed by atoms with Crippen molar-refractivity contribution in [3.63, 3.8) is 0 Å². The van der Waals surface area contributed by atoms with E-state index in [1.807, 2.05) is 0 Å². The van der Waals surface area contributed by atoms with Gasteiger partial charge >= 0.3 is 0 Å². The number of rotatable bonds is 6. The fourth-order valence-corrected chi connectivity index (χ4v) is 3.45. The Balaban J connectivity index is 1.40. The lowest BCUT2D eigenvalue weighted by Gasteiger charge is -2.34. The van der Waals surface area contributed by atoms with Crippen molar-refractivity contribution in [2.75, 3.05) is 26.3 Å². The fourth-order valence-electron chi connectivity index (χ4n) is 3.45. The Kier molecular flexibility index (Phi) is 5.58. The minimum atomic E-state index is -0.493. The summed E-state index contributed by atoms with van der Waals surface area (Å²) in [5.41, 5.74) is 0. The van der Waals surface area contributed by atoms with E-state index in [9.17, 15) is 9.90 Å². The van der Waals surface area contributed by atoms with E-state index in [0.29, 0.717) is 19.4 Å². The Hall–Kier alpha value is -1.51. The Morgan fingerprint density at radius 2 is 2.17 bits per heavy atom. The predicted octanol–water partition coefficient (Wildman–Crippen LogP) is -0.601. The van der Waals surface area contributed by atoms with E-state index in [2.05, 4.69) is 20.3 Å². The predicted molar refractivity (Wildman–Crippen MR) is 82.6 cm³/mol. The zero-order valence-corrected chi connectivity index (χ0v) is 13.3. The molecule has 3 rings (SSSR count). The molecule has 0 radical (unpaired) electrons. The molecule has 2 fully saturated rings. The van der Waals surface area contributed by atoms with E-state index >= 15 is 0 Å². The molecule has 2 N–H and O–H groups in total. The summed E-state index contributed by atoms with van der Waals surface area (Å²) in [7, 11) is 0. The standard InChI is InChI=1S/C15H25N5O3/c21-14(2-1-5-20-11-16-10-17-20)18-12-3-4-13(15(12)22)19-6-8-23-9-7-19/h10-13,15,22H,1-9H2,(H,18,21)/t12-,13-,15-/m1/s1. The van der Waals surface area contributed by atoms with Crippen LogP contribution in [0.3, 0.4) is 0 Å². The van der Waals surface area contributed by atoms with Gasteiger partial charge in [-0.2, -0.15) is 5.10 Å². The highest BCUT2D eigenvalue weighted by molar-refractivity contribution is 5.76. The van der Waals surface area contributed by atoms with Crippen molar-refractivity contribution in [3.8, 4) is 0 Å². The number of carbonyl (C=O) groups is 1. The number of amides is 1. The van der Waals surface area contributed by atoms with Gasteiger partial charge in [0.1, 0.15) is 12.7 Å². The van der Waals surface area contributed by atoms with Crippen LogP contribution in [0.2, 0.25) is 0 Å². The number of aryl methyl sites for hydroxylation is 1. The van der Waals surface area contributed by atoms with Crippen LogP contribution >= 0.6 is 0 Å². The Labute approximate surface area is 135 Å². The molecule has 1 amide bonds. The number of aliphatic hydroxyl groups excluding tert-OH is 1. The van der Waals surface area contributed by atoms with Gasteiger partial charge in [-0.05, 0) is 19.3 Å². The molecule has 1 saturated heterocycles. The monoisotopic (exact) mass is 323 g/mol. The van der Waals surface area contributed by atoms with Crippen molar-refractivity contribution < 1.29 is 14.6 Å². The van der Waals surface area contributed by atoms with Crippen molar-refractivity contribution >= 4 is 5.91 Å². The third kappa shape index (κ3) is 4.27. The highest BCUT2D eigenvalue weighted by Crippen LogP contribution is 2.25. The van der Waals surface area contributed by atoms with Crippen LogP contribution in [0.4, 0.5) is 0 Å². The summed E-state index contributed by atoms with van der Waals surface area (Å²) < 4.78 is 7.07. The van der Waals surface area contributed by atoms with Gasteiger partial charge in [0.05, 0.1) is 25.4 Å². The van der Waals surface area contributed by atoms with E-state index in [4.69, 9.17) is 4.74 Å². The molecule has 1 aromatic rings. The van der Waals surface area contributed by atoms with Gasteiger partial charge in [-0.15, -0.1) is 0 Å². The average Bonchev–Trinajstić information content (AvgIpc) is 3.19. The first kappa shape index (κ1) is 16.4. The van der Waals surface area contributed by atoms with Gasteiger partial charge in [-0.1, -0.05) is 0 Å². The van der Waals surface area contributed by atoms with Crippen LogP contribution < -0.4 is 5.32 Å². The minimum absolute atomic E-state index is 0.00297. The zero-order chi connectivity index (χ0) is 16.1. The molecule has 1 aliphatic carbocycles. The lowest BCUT2D eigenvalue weighted by Crippen LogP contribution is -2.51. The molecular formula is C15H25N5O3. The number of hydrogen-bond donors (Lipinski definition) is 2. The SMILES string of the molecule is O=C(CCCn1cncn1)N[C@@H]1CC[C@@H](N2CCOCC2)[C@@H]1O. The molecule has 2 heterocycles. The average molecular weight is 323 g/mol. The van der Waals surface area contributed by atoms with Gasteiger partial charge in [0.25, 0.3) is 0 Å². The van der Waals surface area contributed by atoms with Crippen molar-refractivity contribution in [2.45, 2.75) is 50.4 Å². The second-order valence-corrected chi connectivity index (χ2v) is 6.22. The number of aliphatic hydroxyl groups is 1. The number of nitrogens with zero attached hydrogens (tertiary/aromatic N) is 4. The molecule has 1 saturated carbocycles. The summed E-state index contributed by atoms with van der Waals surface area (Å²) in [4.78, 5) is 18.2. The highest BCUT2D eigenvalue weighted by Gasteiger charge is 2.39. The maximum absolute atomic E-state index is 12.1. The van der Waals surface area contributed by atoms with Crippen molar-refractivity contribution in [1.82, 2.24) is 25.0 Å². The molecule has 0 bridgehead atoms. The number of nitrogens with one attached hydrogen (secondary N) is 1. The van der Waals surface area contributed by atoms with Crippen LogP contribution in [0.1, 0.15) is 25.7 Å². The van der Waals surface area contributed by atoms with Crippen LogP contribution in [0.5, 0.6) is 0 Å². The Bertz CT molecular complexity index is 489. The molecule has 2 aliphatic rings. The molecule has 8 nitrogen and oxygen atoms in total. The molecule has 0 spiro atoms. The van der Waals surface area contributed by atoms with Gasteiger partial charge in [0.15, 0.2) is 0 Å². The van der Waals surface area contributed by atoms with Gasteiger partial charge in [0, 0.05) is 32.1 Å².